The first-order valence-electron chi connectivity index (χ1n) is 7.11. The standard InChI is InChI=1S/C17H17N3O2S/c1-2-11-7-9-12(10-8-11)16(22)20-17(23)19-14-6-4-3-5-13(14)15(18)21/h3-10H,2H2,1H3,(H2,18,21)(H2,19,20,22,23). The van der Waals surface area contributed by atoms with E-state index in [9.17, 15) is 9.59 Å². The second-order valence-electron chi connectivity index (χ2n) is 4.87. The van der Waals surface area contributed by atoms with Gasteiger partial charge in [0.1, 0.15) is 0 Å². The Labute approximate surface area is 139 Å². The van der Waals surface area contributed by atoms with Crippen molar-refractivity contribution in [2.45, 2.75) is 13.3 Å². The lowest BCUT2D eigenvalue weighted by Gasteiger charge is -2.12. The van der Waals surface area contributed by atoms with Crippen LogP contribution >= 0.6 is 12.2 Å². The summed E-state index contributed by atoms with van der Waals surface area (Å²) in [5.74, 6) is -0.890. The Hall–Kier alpha value is -2.73. The van der Waals surface area contributed by atoms with Crippen molar-refractivity contribution in [2.75, 3.05) is 5.32 Å². The maximum atomic E-state index is 12.1. The average molecular weight is 327 g/mol. The lowest BCUT2D eigenvalue weighted by Crippen LogP contribution is -2.34. The summed E-state index contributed by atoms with van der Waals surface area (Å²) in [5.41, 5.74) is 7.71. The predicted octanol–water partition coefficient (Wildman–Crippen LogP) is 2.47. The zero-order chi connectivity index (χ0) is 16.8. The van der Waals surface area contributed by atoms with Gasteiger partial charge < -0.3 is 11.1 Å². The van der Waals surface area contributed by atoms with E-state index in [2.05, 4.69) is 10.6 Å². The number of amides is 2. The quantitative estimate of drug-likeness (QED) is 0.753. The van der Waals surface area contributed by atoms with Crippen molar-refractivity contribution in [2.24, 2.45) is 5.73 Å². The second kappa shape index (κ2) is 7.51. The van der Waals surface area contributed by atoms with Crippen LogP contribution in [0.2, 0.25) is 0 Å². The summed E-state index contributed by atoms with van der Waals surface area (Å²) in [6.45, 7) is 2.05. The first-order chi connectivity index (χ1) is 11.0. The average Bonchev–Trinajstić information content (AvgIpc) is 2.55. The molecule has 0 aliphatic carbocycles. The Balaban J connectivity index is 2.04. The highest BCUT2D eigenvalue weighted by Crippen LogP contribution is 2.14. The molecule has 0 bridgehead atoms. The lowest BCUT2D eigenvalue weighted by atomic mass is 10.1. The van der Waals surface area contributed by atoms with Gasteiger partial charge in [0.25, 0.3) is 11.8 Å². The molecule has 2 aromatic carbocycles. The van der Waals surface area contributed by atoms with Crippen LogP contribution < -0.4 is 16.4 Å². The number of anilines is 1. The summed E-state index contributed by atoms with van der Waals surface area (Å²) < 4.78 is 0. The molecule has 118 valence electrons. The van der Waals surface area contributed by atoms with Crippen LogP contribution in [0.3, 0.4) is 0 Å². The van der Waals surface area contributed by atoms with E-state index >= 15 is 0 Å². The highest BCUT2D eigenvalue weighted by atomic mass is 32.1. The van der Waals surface area contributed by atoms with E-state index in [1.165, 1.54) is 0 Å². The molecule has 2 rings (SSSR count). The van der Waals surface area contributed by atoms with E-state index in [4.69, 9.17) is 18.0 Å². The topological polar surface area (TPSA) is 84.2 Å². The van der Waals surface area contributed by atoms with E-state index in [0.717, 1.165) is 12.0 Å². The molecule has 0 spiro atoms. The van der Waals surface area contributed by atoms with Gasteiger partial charge >= 0.3 is 0 Å². The molecule has 0 unspecified atom stereocenters. The number of primary amides is 1. The predicted molar refractivity (Wildman–Crippen MR) is 94.5 cm³/mol. The number of nitrogens with two attached hydrogens (primary N) is 1. The third kappa shape index (κ3) is 4.37. The van der Waals surface area contributed by atoms with Gasteiger partial charge in [-0.05, 0) is 48.5 Å². The first-order valence-corrected chi connectivity index (χ1v) is 7.52. The van der Waals surface area contributed by atoms with Gasteiger partial charge in [-0.2, -0.15) is 0 Å². The van der Waals surface area contributed by atoms with Crippen molar-refractivity contribution in [3.05, 3.63) is 65.2 Å². The van der Waals surface area contributed by atoms with Crippen LogP contribution in [0.4, 0.5) is 5.69 Å². The molecule has 6 heteroatoms. The molecular weight excluding hydrogens is 310 g/mol. The first kappa shape index (κ1) is 16.6. The zero-order valence-corrected chi connectivity index (χ0v) is 13.4. The van der Waals surface area contributed by atoms with Crippen molar-refractivity contribution in [3.8, 4) is 0 Å². The van der Waals surface area contributed by atoms with Crippen molar-refractivity contribution >= 4 is 34.8 Å². The van der Waals surface area contributed by atoms with E-state index in [-0.39, 0.29) is 11.0 Å². The van der Waals surface area contributed by atoms with E-state index in [1.807, 2.05) is 19.1 Å². The number of nitrogens with one attached hydrogen (secondary N) is 2. The Kier molecular flexibility index (Phi) is 5.43. The highest BCUT2D eigenvalue weighted by molar-refractivity contribution is 7.80. The third-order valence-electron chi connectivity index (χ3n) is 3.29. The summed E-state index contributed by atoms with van der Waals surface area (Å²) >= 11 is 5.11. The van der Waals surface area contributed by atoms with Gasteiger partial charge in [-0.15, -0.1) is 0 Å². The number of hydrogen-bond acceptors (Lipinski definition) is 3. The van der Waals surface area contributed by atoms with Crippen molar-refractivity contribution in [1.29, 1.82) is 0 Å². The molecule has 0 aliphatic heterocycles. The Bertz CT molecular complexity index is 742. The molecule has 0 saturated heterocycles. The Morgan fingerprint density at radius 1 is 1.09 bits per heavy atom. The lowest BCUT2D eigenvalue weighted by molar-refractivity contribution is 0.0975. The van der Waals surface area contributed by atoms with Crippen LogP contribution in [0, 0.1) is 0 Å². The van der Waals surface area contributed by atoms with Gasteiger partial charge in [0.05, 0.1) is 11.3 Å². The number of hydrogen-bond donors (Lipinski definition) is 3. The summed E-state index contributed by atoms with van der Waals surface area (Å²) in [5, 5.41) is 5.49. The van der Waals surface area contributed by atoms with Crippen molar-refractivity contribution in [1.82, 2.24) is 5.32 Å². The van der Waals surface area contributed by atoms with Gasteiger partial charge in [-0.3, -0.25) is 14.9 Å². The molecule has 0 fully saturated rings. The van der Waals surface area contributed by atoms with E-state index in [0.29, 0.717) is 16.8 Å². The number of rotatable bonds is 4. The van der Waals surface area contributed by atoms with Gasteiger partial charge in [-0.25, -0.2) is 0 Å². The molecule has 0 radical (unpaired) electrons. The summed E-state index contributed by atoms with van der Waals surface area (Å²) in [4.78, 5) is 23.5. The third-order valence-corrected chi connectivity index (χ3v) is 3.50. The molecule has 2 amide bonds. The smallest absolute Gasteiger partial charge is 0.257 e. The van der Waals surface area contributed by atoms with Gasteiger partial charge in [0.15, 0.2) is 5.11 Å². The number of carbonyl (C=O) groups is 2. The van der Waals surface area contributed by atoms with Gasteiger partial charge in [0, 0.05) is 5.56 Å². The number of carbonyl (C=O) groups excluding carboxylic acids is 2. The molecule has 0 saturated carbocycles. The van der Waals surface area contributed by atoms with Crippen LogP contribution in [0.25, 0.3) is 0 Å². The molecule has 2 aromatic rings. The fourth-order valence-corrected chi connectivity index (χ4v) is 2.23. The minimum atomic E-state index is -0.572. The summed E-state index contributed by atoms with van der Waals surface area (Å²) in [7, 11) is 0. The minimum Gasteiger partial charge on any atom is -0.366 e. The molecule has 0 aliphatic rings. The Morgan fingerprint density at radius 2 is 1.74 bits per heavy atom. The van der Waals surface area contributed by atoms with Gasteiger partial charge in [0.2, 0.25) is 0 Å². The number of aryl methyl sites for hydroxylation is 1. The second-order valence-corrected chi connectivity index (χ2v) is 5.28. The molecule has 0 aromatic heterocycles. The molecular formula is C17H17N3O2S. The fraction of sp³-hybridized carbons (Fsp3) is 0.118. The molecule has 0 heterocycles. The normalized spacial score (nSPS) is 9.96. The van der Waals surface area contributed by atoms with Crippen LogP contribution in [-0.2, 0) is 6.42 Å². The summed E-state index contributed by atoms with van der Waals surface area (Å²) in [6.07, 6.45) is 0.909. The van der Waals surface area contributed by atoms with E-state index < -0.39 is 5.91 Å². The van der Waals surface area contributed by atoms with E-state index in [1.54, 1.807) is 36.4 Å². The van der Waals surface area contributed by atoms with Crippen LogP contribution in [-0.4, -0.2) is 16.9 Å². The summed E-state index contributed by atoms with van der Waals surface area (Å²) in [6, 6.07) is 14.0. The SMILES string of the molecule is CCc1ccc(C(=O)NC(=S)Nc2ccccc2C(N)=O)cc1. The molecule has 23 heavy (non-hydrogen) atoms. The monoisotopic (exact) mass is 327 g/mol. The largest absolute Gasteiger partial charge is 0.366 e. The highest BCUT2D eigenvalue weighted by Gasteiger charge is 2.11. The Morgan fingerprint density at radius 3 is 2.35 bits per heavy atom. The van der Waals surface area contributed by atoms with Crippen LogP contribution in [0.5, 0.6) is 0 Å². The zero-order valence-electron chi connectivity index (χ0n) is 12.6. The maximum absolute atomic E-state index is 12.1. The number of para-hydroxylation sites is 1. The van der Waals surface area contributed by atoms with Crippen LogP contribution in [0.1, 0.15) is 33.2 Å². The number of thiocarbonyl (C=S) groups is 1. The fourth-order valence-electron chi connectivity index (χ4n) is 2.03. The van der Waals surface area contributed by atoms with Gasteiger partial charge in [-0.1, -0.05) is 31.2 Å². The molecule has 0 atom stereocenters. The van der Waals surface area contributed by atoms with Crippen molar-refractivity contribution < 1.29 is 9.59 Å². The number of benzene rings is 2. The molecule has 5 nitrogen and oxygen atoms in total. The molecule has 4 N–H and O–H groups in total. The van der Waals surface area contributed by atoms with Crippen LogP contribution in [0.15, 0.2) is 48.5 Å². The minimum absolute atomic E-state index is 0.100. The maximum Gasteiger partial charge on any atom is 0.257 e. The van der Waals surface area contributed by atoms with Crippen molar-refractivity contribution in [3.63, 3.8) is 0 Å².